The summed E-state index contributed by atoms with van der Waals surface area (Å²) in [6, 6.07) is 0.705. The van der Waals surface area contributed by atoms with Crippen LogP contribution in [0.3, 0.4) is 0 Å². The lowest BCUT2D eigenvalue weighted by molar-refractivity contribution is 0.0102. The summed E-state index contributed by atoms with van der Waals surface area (Å²) in [4.78, 5) is 22.2. The highest BCUT2D eigenvalue weighted by Crippen LogP contribution is 2.35. The zero-order valence-electron chi connectivity index (χ0n) is 10.6. The number of carbonyl (C=O) groups excluding carboxylic acids is 1. The Morgan fingerprint density at radius 3 is 3.00 bits per heavy atom. The van der Waals surface area contributed by atoms with E-state index in [0.29, 0.717) is 11.7 Å². The maximum Gasteiger partial charge on any atom is 0.276 e. The first-order valence-corrected chi connectivity index (χ1v) is 7.30. The van der Waals surface area contributed by atoms with Crippen LogP contribution in [0.5, 0.6) is 5.75 Å². The molecule has 102 valence electrons. The second-order valence-corrected chi connectivity index (χ2v) is 6.25. The minimum atomic E-state index is -0.179. The summed E-state index contributed by atoms with van der Waals surface area (Å²) < 4.78 is 2.24. The molecule has 0 aromatic carbocycles. The highest BCUT2D eigenvalue weighted by Gasteiger charge is 2.46. The zero-order chi connectivity index (χ0) is 13.6. The van der Waals surface area contributed by atoms with Crippen LogP contribution in [0.2, 0.25) is 0 Å². The van der Waals surface area contributed by atoms with Crippen LogP contribution in [0, 0.1) is 6.92 Å². The number of piperidine rings is 1. The van der Waals surface area contributed by atoms with E-state index in [1.165, 1.54) is 6.33 Å². The number of likely N-dealkylation sites (tertiary alicyclic amines) is 1. The van der Waals surface area contributed by atoms with Gasteiger partial charge < -0.3 is 10.0 Å². The van der Waals surface area contributed by atoms with E-state index >= 15 is 0 Å². The van der Waals surface area contributed by atoms with Crippen LogP contribution in [0.1, 0.15) is 29.0 Å². The van der Waals surface area contributed by atoms with E-state index in [1.54, 1.807) is 6.92 Å². The van der Waals surface area contributed by atoms with E-state index in [0.717, 1.165) is 25.9 Å². The van der Waals surface area contributed by atoms with Gasteiger partial charge in [-0.15, -0.1) is 0 Å². The molecule has 1 N–H and O–H groups in total. The van der Waals surface area contributed by atoms with Crippen LogP contribution >= 0.6 is 22.9 Å². The number of carbonyl (C=O) groups is 1. The molecule has 0 bridgehead atoms. The van der Waals surface area contributed by atoms with E-state index in [-0.39, 0.29) is 23.4 Å². The Hall–Kier alpha value is -0.960. The van der Waals surface area contributed by atoms with Crippen LogP contribution in [0.25, 0.3) is 0 Å². The van der Waals surface area contributed by atoms with Crippen molar-refractivity contribution in [1.29, 1.82) is 0 Å². The van der Waals surface area contributed by atoms with E-state index in [9.17, 15) is 9.90 Å². The third-order valence-electron chi connectivity index (χ3n) is 3.93. The van der Waals surface area contributed by atoms with Gasteiger partial charge in [-0.25, -0.2) is 13.1 Å². The summed E-state index contributed by atoms with van der Waals surface area (Å²) in [6.45, 7) is 3.30. The molecule has 1 aromatic heterocycles. The predicted octanol–water partition coefficient (Wildman–Crippen LogP) is 1.13. The van der Waals surface area contributed by atoms with Gasteiger partial charge in [0.25, 0.3) is 5.91 Å². The van der Waals surface area contributed by atoms with Crippen molar-refractivity contribution < 1.29 is 9.90 Å². The summed E-state index contributed by atoms with van der Waals surface area (Å²) in [5, 5.41) is 9.94. The van der Waals surface area contributed by atoms with Crippen molar-refractivity contribution in [3.05, 3.63) is 17.7 Å². The van der Waals surface area contributed by atoms with Crippen molar-refractivity contribution in [1.82, 2.24) is 18.0 Å². The Labute approximate surface area is 125 Å². The molecule has 0 saturated carbocycles. The maximum absolute atomic E-state index is 12.5. The number of aryl methyl sites for hydroxylation is 1. The van der Waals surface area contributed by atoms with Gasteiger partial charge in [0, 0.05) is 42.0 Å². The SMILES string of the molecule is Cc1ncnc(C(=O)N2CCCC3C2CN3I)c1O. The van der Waals surface area contributed by atoms with Crippen molar-refractivity contribution >= 4 is 28.8 Å². The number of halogens is 1. The lowest BCUT2D eigenvalue weighted by atomic mass is 9.89. The summed E-state index contributed by atoms with van der Waals surface area (Å²) in [6.07, 6.45) is 3.46. The zero-order valence-corrected chi connectivity index (χ0v) is 12.7. The maximum atomic E-state index is 12.5. The summed E-state index contributed by atoms with van der Waals surface area (Å²) in [5.74, 6) is -0.275. The lowest BCUT2D eigenvalue weighted by Gasteiger charge is -2.52. The lowest BCUT2D eigenvalue weighted by Crippen LogP contribution is -2.66. The Balaban J connectivity index is 1.86. The molecule has 3 heterocycles. The molecule has 2 aliphatic heterocycles. The third-order valence-corrected chi connectivity index (χ3v) is 5.04. The first-order valence-electron chi connectivity index (χ1n) is 6.33. The van der Waals surface area contributed by atoms with Gasteiger partial charge >= 0.3 is 0 Å². The van der Waals surface area contributed by atoms with Gasteiger partial charge in [0.15, 0.2) is 11.4 Å². The number of amides is 1. The van der Waals surface area contributed by atoms with Gasteiger partial charge in [-0.2, -0.15) is 0 Å². The Kier molecular flexibility index (Phi) is 3.34. The number of rotatable bonds is 1. The number of aromatic nitrogens is 2. The highest BCUT2D eigenvalue weighted by molar-refractivity contribution is 14.1. The van der Waals surface area contributed by atoms with E-state index in [4.69, 9.17) is 0 Å². The third kappa shape index (κ3) is 2.08. The Morgan fingerprint density at radius 2 is 2.26 bits per heavy atom. The smallest absolute Gasteiger partial charge is 0.276 e. The van der Waals surface area contributed by atoms with E-state index < -0.39 is 0 Å². The molecule has 19 heavy (non-hydrogen) atoms. The van der Waals surface area contributed by atoms with Gasteiger partial charge in [-0.1, -0.05) is 0 Å². The number of hydrogen-bond acceptors (Lipinski definition) is 5. The minimum Gasteiger partial charge on any atom is -0.504 e. The molecule has 1 amide bonds. The Morgan fingerprint density at radius 1 is 1.47 bits per heavy atom. The summed E-state index contributed by atoms with van der Waals surface area (Å²) in [5.41, 5.74) is 0.566. The quantitative estimate of drug-likeness (QED) is 0.590. The van der Waals surface area contributed by atoms with Crippen LogP contribution in [-0.2, 0) is 0 Å². The molecule has 0 spiro atoms. The molecular formula is C12H15IN4O2. The van der Waals surface area contributed by atoms with E-state index in [1.807, 2.05) is 4.90 Å². The predicted molar refractivity (Wildman–Crippen MR) is 77.0 cm³/mol. The number of hydrogen-bond donors (Lipinski definition) is 1. The molecule has 2 saturated heterocycles. The van der Waals surface area contributed by atoms with Crippen molar-refractivity contribution in [2.75, 3.05) is 13.1 Å². The van der Waals surface area contributed by atoms with Crippen molar-refractivity contribution in [3.8, 4) is 5.75 Å². The van der Waals surface area contributed by atoms with Crippen LogP contribution in [0.4, 0.5) is 0 Å². The molecule has 0 radical (unpaired) electrons. The van der Waals surface area contributed by atoms with Gasteiger partial charge in [0.05, 0.1) is 11.7 Å². The molecule has 7 heteroatoms. The van der Waals surface area contributed by atoms with Crippen molar-refractivity contribution in [2.24, 2.45) is 0 Å². The second kappa shape index (κ2) is 4.86. The molecule has 0 aliphatic carbocycles. The average Bonchev–Trinajstić information content (AvgIpc) is 2.40. The highest BCUT2D eigenvalue weighted by atomic mass is 127. The van der Waals surface area contributed by atoms with Gasteiger partial charge in [-0.05, 0) is 19.8 Å². The normalized spacial score (nSPS) is 26.7. The monoisotopic (exact) mass is 374 g/mol. The standard InChI is InChI=1S/C12H15IN4O2/c1-7-11(18)10(15-6-14-7)12(19)16-4-2-3-8-9(16)5-17(8)13/h6,8-9,18H,2-5H2,1H3. The fourth-order valence-electron chi connectivity index (χ4n) is 2.77. The molecule has 3 rings (SSSR count). The van der Waals surface area contributed by atoms with Crippen molar-refractivity contribution in [2.45, 2.75) is 31.8 Å². The van der Waals surface area contributed by atoms with E-state index in [2.05, 4.69) is 35.9 Å². The van der Waals surface area contributed by atoms with Crippen molar-refractivity contribution in [3.63, 3.8) is 0 Å². The molecule has 6 nitrogen and oxygen atoms in total. The first-order chi connectivity index (χ1) is 9.09. The van der Waals surface area contributed by atoms with Crippen LogP contribution < -0.4 is 0 Å². The molecule has 2 unspecified atom stereocenters. The fourth-order valence-corrected chi connectivity index (χ4v) is 3.82. The van der Waals surface area contributed by atoms with Crippen LogP contribution in [0.15, 0.2) is 6.33 Å². The first kappa shape index (κ1) is 13.0. The molecular weight excluding hydrogens is 359 g/mol. The molecule has 1 aromatic rings. The largest absolute Gasteiger partial charge is 0.504 e. The van der Waals surface area contributed by atoms with Crippen LogP contribution in [-0.4, -0.2) is 54.2 Å². The summed E-state index contributed by atoms with van der Waals surface area (Å²) >= 11 is 2.31. The molecule has 2 aliphatic rings. The average molecular weight is 374 g/mol. The van der Waals surface area contributed by atoms with Gasteiger partial charge in [-0.3, -0.25) is 4.79 Å². The fraction of sp³-hybridized carbons (Fsp3) is 0.583. The van der Waals surface area contributed by atoms with Gasteiger partial charge in [0.1, 0.15) is 6.33 Å². The second-order valence-electron chi connectivity index (χ2n) is 5.01. The Bertz CT molecular complexity index is 524. The summed E-state index contributed by atoms with van der Waals surface area (Å²) in [7, 11) is 0. The molecule has 2 fully saturated rings. The number of nitrogens with zero attached hydrogens (tertiary/aromatic N) is 4. The minimum absolute atomic E-state index is 0.0970. The van der Waals surface area contributed by atoms with Gasteiger partial charge in [0.2, 0.25) is 0 Å². The molecule has 2 atom stereocenters. The number of fused-ring (bicyclic) bond motifs is 1. The topological polar surface area (TPSA) is 69.6 Å². The number of aromatic hydroxyl groups is 1.